The van der Waals surface area contributed by atoms with Crippen molar-refractivity contribution in [2.45, 2.75) is 20.4 Å². The van der Waals surface area contributed by atoms with Crippen LogP contribution in [0.3, 0.4) is 0 Å². The molecule has 5 heteroatoms. The van der Waals surface area contributed by atoms with Gasteiger partial charge in [0.15, 0.2) is 0 Å². The number of amides is 1. The van der Waals surface area contributed by atoms with Crippen LogP contribution in [-0.2, 0) is 11.3 Å². The molecular formula is C11H18N4O. The highest BCUT2D eigenvalue weighted by molar-refractivity contribution is 5.91. The molecule has 0 radical (unpaired) electrons. The molecule has 2 N–H and O–H groups in total. The van der Waals surface area contributed by atoms with Crippen LogP contribution in [-0.4, -0.2) is 28.8 Å². The molecule has 0 aromatic carbocycles. The van der Waals surface area contributed by atoms with Gasteiger partial charge >= 0.3 is 0 Å². The SMILES string of the molecule is CCn1nccc1NC(=O)C(C)C1CNC1. The first-order valence-corrected chi connectivity index (χ1v) is 5.75. The number of nitrogens with zero attached hydrogens (tertiary/aromatic N) is 2. The van der Waals surface area contributed by atoms with Crippen LogP contribution >= 0.6 is 0 Å². The lowest BCUT2D eigenvalue weighted by atomic mass is 9.88. The molecule has 1 unspecified atom stereocenters. The van der Waals surface area contributed by atoms with E-state index in [2.05, 4.69) is 15.7 Å². The largest absolute Gasteiger partial charge is 0.316 e. The standard InChI is InChI=1S/C11H18N4O/c1-3-15-10(4-5-13-15)14-11(16)8(2)9-6-12-7-9/h4-5,8-9,12H,3,6-7H2,1-2H3,(H,14,16). The van der Waals surface area contributed by atoms with Crippen LogP contribution in [0.2, 0.25) is 0 Å². The van der Waals surface area contributed by atoms with Gasteiger partial charge in [-0.25, -0.2) is 4.68 Å². The Morgan fingerprint density at radius 2 is 2.50 bits per heavy atom. The Bertz CT molecular complexity index is 370. The fourth-order valence-electron chi connectivity index (χ4n) is 1.81. The molecule has 1 aromatic rings. The predicted octanol–water partition coefficient (Wildman–Crippen LogP) is 0.697. The normalized spacial score (nSPS) is 17.9. The summed E-state index contributed by atoms with van der Waals surface area (Å²) in [6.45, 7) is 6.64. The molecule has 0 spiro atoms. The molecule has 1 atom stereocenters. The summed E-state index contributed by atoms with van der Waals surface area (Å²) >= 11 is 0. The maximum absolute atomic E-state index is 11.9. The van der Waals surface area contributed by atoms with Gasteiger partial charge in [-0.1, -0.05) is 6.92 Å². The smallest absolute Gasteiger partial charge is 0.228 e. The third kappa shape index (κ3) is 2.09. The van der Waals surface area contributed by atoms with E-state index in [1.54, 1.807) is 10.9 Å². The van der Waals surface area contributed by atoms with E-state index in [9.17, 15) is 4.79 Å². The molecule has 1 aliphatic rings. The topological polar surface area (TPSA) is 59.0 Å². The van der Waals surface area contributed by atoms with Crippen molar-refractivity contribution in [1.82, 2.24) is 15.1 Å². The minimum absolute atomic E-state index is 0.0569. The van der Waals surface area contributed by atoms with E-state index in [-0.39, 0.29) is 11.8 Å². The number of aromatic nitrogens is 2. The zero-order chi connectivity index (χ0) is 11.5. The number of hydrogen-bond donors (Lipinski definition) is 2. The Kier molecular flexibility index (Phi) is 3.24. The van der Waals surface area contributed by atoms with Crippen LogP contribution < -0.4 is 10.6 Å². The van der Waals surface area contributed by atoms with E-state index < -0.39 is 0 Å². The van der Waals surface area contributed by atoms with Crippen molar-refractivity contribution < 1.29 is 4.79 Å². The minimum Gasteiger partial charge on any atom is -0.316 e. The lowest BCUT2D eigenvalue weighted by Crippen LogP contribution is -2.48. The highest BCUT2D eigenvalue weighted by Crippen LogP contribution is 2.18. The first kappa shape index (κ1) is 11.1. The number of anilines is 1. The van der Waals surface area contributed by atoms with Gasteiger partial charge in [0, 0.05) is 18.5 Å². The molecule has 0 bridgehead atoms. The van der Waals surface area contributed by atoms with E-state index in [0.29, 0.717) is 5.92 Å². The summed E-state index contributed by atoms with van der Waals surface area (Å²) in [5, 5.41) is 10.2. The highest BCUT2D eigenvalue weighted by atomic mass is 16.2. The number of rotatable bonds is 4. The van der Waals surface area contributed by atoms with Gasteiger partial charge in [0.2, 0.25) is 5.91 Å². The first-order chi connectivity index (χ1) is 7.72. The van der Waals surface area contributed by atoms with Gasteiger partial charge < -0.3 is 10.6 Å². The van der Waals surface area contributed by atoms with Crippen molar-refractivity contribution in [3.63, 3.8) is 0 Å². The second-order valence-electron chi connectivity index (χ2n) is 4.23. The zero-order valence-electron chi connectivity index (χ0n) is 9.73. The van der Waals surface area contributed by atoms with Crippen molar-refractivity contribution in [2.24, 2.45) is 11.8 Å². The van der Waals surface area contributed by atoms with Crippen LogP contribution in [0.4, 0.5) is 5.82 Å². The second-order valence-corrected chi connectivity index (χ2v) is 4.23. The summed E-state index contributed by atoms with van der Waals surface area (Å²) in [6, 6.07) is 1.83. The quantitative estimate of drug-likeness (QED) is 0.788. The molecule has 88 valence electrons. The molecule has 2 rings (SSSR count). The highest BCUT2D eigenvalue weighted by Gasteiger charge is 2.28. The molecule has 1 saturated heterocycles. The summed E-state index contributed by atoms with van der Waals surface area (Å²) in [6.07, 6.45) is 1.70. The minimum atomic E-state index is 0.0569. The van der Waals surface area contributed by atoms with Crippen LogP contribution in [0, 0.1) is 11.8 Å². The molecular weight excluding hydrogens is 204 g/mol. The third-order valence-corrected chi connectivity index (χ3v) is 3.20. The molecule has 0 saturated carbocycles. The Morgan fingerprint density at radius 1 is 1.75 bits per heavy atom. The third-order valence-electron chi connectivity index (χ3n) is 3.20. The summed E-state index contributed by atoms with van der Waals surface area (Å²) in [7, 11) is 0. The fourth-order valence-corrected chi connectivity index (χ4v) is 1.81. The monoisotopic (exact) mass is 222 g/mol. The van der Waals surface area contributed by atoms with E-state index in [0.717, 1.165) is 25.5 Å². The molecule has 1 fully saturated rings. The lowest BCUT2D eigenvalue weighted by molar-refractivity contribution is -0.121. The van der Waals surface area contributed by atoms with Crippen LogP contribution in [0.1, 0.15) is 13.8 Å². The van der Waals surface area contributed by atoms with Crippen molar-refractivity contribution in [1.29, 1.82) is 0 Å². The van der Waals surface area contributed by atoms with E-state index >= 15 is 0 Å². The van der Waals surface area contributed by atoms with E-state index in [1.165, 1.54) is 0 Å². The van der Waals surface area contributed by atoms with Crippen LogP contribution in [0.5, 0.6) is 0 Å². The van der Waals surface area contributed by atoms with Crippen molar-refractivity contribution in [3.8, 4) is 0 Å². The van der Waals surface area contributed by atoms with E-state index in [4.69, 9.17) is 0 Å². The number of nitrogens with one attached hydrogen (secondary N) is 2. The average molecular weight is 222 g/mol. The number of aryl methyl sites for hydroxylation is 1. The van der Waals surface area contributed by atoms with Crippen molar-refractivity contribution in [2.75, 3.05) is 18.4 Å². The summed E-state index contributed by atoms with van der Waals surface area (Å²) in [4.78, 5) is 11.9. The molecule has 0 aliphatic carbocycles. The van der Waals surface area contributed by atoms with Crippen LogP contribution in [0.25, 0.3) is 0 Å². The Labute approximate surface area is 95.2 Å². The Hall–Kier alpha value is -1.36. The average Bonchev–Trinajstić information content (AvgIpc) is 2.62. The van der Waals surface area contributed by atoms with Gasteiger partial charge in [-0.15, -0.1) is 0 Å². The number of carbonyl (C=O) groups excluding carboxylic acids is 1. The second kappa shape index (κ2) is 4.65. The zero-order valence-corrected chi connectivity index (χ0v) is 9.73. The van der Waals surface area contributed by atoms with E-state index in [1.807, 2.05) is 19.9 Å². The fraction of sp³-hybridized carbons (Fsp3) is 0.636. The maximum atomic E-state index is 11.9. The Balaban J connectivity index is 1.95. The van der Waals surface area contributed by atoms with Crippen LogP contribution in [0.15, 0.2) is 12.3 Å². The molecule has 1 amide bonds. The van der Waals surface area contributed by atoms with Gasteiger partial charge in [-0.05, 0) is 25.9 Å². The van der Waals surface area contributed by atoms with Gasteiger partial charge in [-0.3, -0.25) is 4.79 Å². The predicted molar refractivity (Wildman–Crippen MR) is 62.1 cm³/mol. The Morgan fingerprint density at radius 3 is 3.06 bits per heavy atom. The van der Waals surface area contributed by atoms with Gasteiger partial charge in [-0.2, -0.15) is 5.10 Å². The summed E-state index contributed by atoms with van der Waals surface area (Å²) in [5.41, 5.74) is 0. The van der Waals surface area contributed by atoms with Gasteiger partial charge in [0.25, 0.3) is 0 Å². The molecule has 1 aliphatic heterocycles. The molecule has 5 nitrogen and oxygen atoms in total. The molecule has 2 heterocycles. The van der Waals surface area contributed by atoms with Crippen molar-refractivity contribution in [3.05, 3.63) is 12.3 Å². The number of carbonyl (C=O) groups is 1. The summed E-state index contributed by atoms with van der Waals surface area (Å²) < 4.78 is 1.78. The summed E-state index contributed by atoms with van der Waals surface area (Å²) in [5.74, 6) is 1.40. The maximum Gasteiger partial charge on any atom is 0.228 e. The van der Waals surface area contributed by atoms with Crippen molar-refractivity contribution >= 4 is 11.7 Å². The van der Waals surface area contributed by atoms with Gasteiger partial charge in [0.05, 0.1) is 6.20 Å². The lowest BCUT2D eigenvalue weighted by Gasteiger charge is -2.31. The molecule has 16 heavy (non-hydrogen) atoms. The first-order valence-electron chi connectivity index (χ1n) is 5.75. The molecule has 1 aromatic heterocycles. The number of hydrogen-bond acceptors (Lipinski definition) is 3. The van der Waals surface area contributed by atoms with Gasteiger partial charge in [0.1, 0.15) is 5.82 Å².